The number of likely N-dealkylation sites (tertiary alicyclic amines) is 1. The number of carbonyl (C=O) groups excluding carboxylic acids is 1. The highest BCUT2D eigenvalue weighted by atomic mass is 19.1. The van der Waals surface area contributed by atoms with Gasteiger partial charge < -0.3 is 9.88 Å². The minimum atomic E-state index is -0.528. The lowest BCUT2D eigenvalue weighted by Gasteiger charge is -2.32. The number of H-pyrrole nitrogens is 1. The lowest BCUT2D eigenvalue weighted by atomic mass is 9.91. The molecule has 1 fully saturated rings. The van der Waals surface area contributed by atoms with Gasteiger partial charge in [-0.2, -0.15) is 0 Å². The first-order valence-corrected chi connectivity index (χ1v) is 8.46. The highest BCUT2D eigenvalue weighted by Gasteiger charge is 2.26. The molecule has 1 aromatic heterocycles. The van der Waals surface area contributed by atoms with Crippen LogP contribution in [0.2, 0.25) is 0 Å². The average Bonchev–Trinajstić information content (AvgIpc) is 2.61. The summed E-state index contributed by atoms with van der Waals surface area (Å²) in [7, 11) is 0. The molecule has 0 spiro atoms. The van der Waals surface area contributed by atoms with E-state index in [4.69, 9.17) is 0 Å². The Morgan fingerprint density at radius 3 is 2.68 bits per heavy atom. The quantitative estimate of drug-likeness (QED) is 0.925. The summed E-state index contributed by atoms with van der Waals surface area (Å²) in [4.78, 5) is 28.5. The number of halogens is 2. The molecule has 0 bridgehead atoms. The van der Waals surface area contributed by atoms with Crippen molar-refractivity contribution in [2.45, 2.75) is 25.7 Å². The zero-order valence-electron chi connectivity index (χ0n) is 13.8. The third-order valence-electron chi connectivity index (χ3n) is 4.72. The number of aromatic amines is 1. The van der Waals surface area contributed by atoms with E-state index in [2.05, 4.69) is 4.98 Å². The third kappa shape index (κ3) is 3.95. The van der Waals surface area contributed by atoms with Crippen molar-refractivity contribution >= 4 is 5.91 Å². The van der Waals surface area contributed by atoms with Gasteiger partial charge in [-0.3, -0.25) is 9.59 Å². The second kappa shape index (κ2) is 7.59. The molecule has 3 rings (SSSR count). The maximum absolute atomic E-state index is 13.7. The number of rotatable bonds is 4. The Morgan fingerprint density at radius 2 is 1.96 bits per heavy atom. The van der Waals surface area contributed by atoms with Gasteiger partial charge in [0.15, 0.2) is 0 Å². The number of hydrogen-bond acceptors (Lipinski definition) is 2. The van der Waals surface area contributed by atoms with Gasteiger partial charge in [-0.15, -0.1) is 0 Å². The van der Waals surface area contributed by atoms with Crippen LogP contribution in [0.5, 0.6) is 0 Å². The fraction of sp³-hybridized carbons (Fsp3) is 0.368. The van der Waals surface area contributed by atoms with Gasteiger partial charge >= 0.3 is 0 Å². The lowest BCUT2D eigenvalue weighted by molar-refractivity contribution is 0.0666. The first kappa shape index (κ1) is 17.3. The van der Waals surface area contributed by atoms with Crippen LogP contribution < -0.4 is 5.56 Å². The standard InChI is InChI=1S/C19H20F2N2O2/c20-16-6-1-7-17(21)14(16)9-8-13-4-3-11-23(12-13)19(25)15-5-2-10-22-18(15)24/h1-2,5-7,10,13H,3-4,8-9,11-12H2,(H,22,24). The Morgan fingerprint density at radius 1 is 1.20 bits per heavy atom. The van der Waals surface area contributed by atoms with Crippen LogP contribution in [0.15, 0.2) is 41.3 Å². The fourth-order valence-electron chi connectivity index (χ4n) is 3.37. The van der Waals surface area contributed by atoms with Gasteiger partial charge in [-0.05, 0) is 55.9 Å². The Kier molecular flexibility index (Phi) is 5.26. The second-order valence-corrected chi connectivity index (χ2v) is 6.41. The molecule has 1 unspecified atom stereocenters. The molecule has 1 amide bonds. The Balaban J connectivity index is 1.64. The van der Waals surface area contributed by atoms with Gasteiger partial charge in [0.1, 0.15) is 17.2 Å². The van der Waals surface area contributed by atoms with Crippen molar-refractivity contribution in [1.29, 1.82) is 0 Å². The summed E-state index contributed by atoms with van der Waals surface area (Å²) in [6.45, 7) is 1.10. The van der Waals surface area contributed by atoms with Crippen LogP contribution in [0.25, 0.3) is 0 Å². The molecule has 0 radical (unpaired) electrons. The first-order valence-electron chi connectivity index (χ1n) is 8.46. The summed E-state index contributed by atoms with van der Waals surface area (Å²) in [6.07, 6.45) is 4.12. The number of nitrogens with zero attached hydrogens (tertiary/aromatic N) is 1. The topological polar surface area (TPSA) is 53.2 Å². The van der Waals surface area contributed by atoms with Crippen molar-refractivity contribution in [2.75, 3.05) is 13.1 Å². The molecule has 2 aromatic rings. The summed E-state index contributed by atoms with van der Waals surface area (Å²) < 4.78 is 27.5. The van der Waals surface area contributed by atoms with Crippen molar-refractivity contribution in [3.63, 3.8) is 0 Å². The number of carbonyl (C=O) groups is 1. The van der Waals surface area contributed by atoms with E-state index in [0.29, 0.717) is 25.9 Å². The van der Waals surface area contributed by atoms with Crippen LogP contribution in [-0.2, 0) is 6.42 Å². The molecule has 25 heavy (non-hydrogen) atoms. The van der Waals surface area contributed by atoms with Crippen LogP contribution in [0, 0.1) is 17.6 Å². The van der Waals surface area contributed by atoms with E-state index in [1.165, 1.54) is 30.5 Å². The molecule has 6 heteroatoms. The number of hydrogen-bond donors (Lipinski definition) is 1. The van der Waals surface area contributed by atoms with Crippen molar-refractivity contribution in [1.82, 2.24) is 9.88 Å². The molecule has 0 aliphatic carbocycles. The zero-order valence-corrected chi connectivity index (χ0v) is 13.8. The molecule has 1 aliphatic rings. The maximum atomic E-state index is 13.7. The highest BCUT2D eigenvalue weighted by Crippen LogP contribution is 2.24. The molecule has 1 N–H and O–H groups in total. The van der Waals surface area contributed by atoms with E-state index in [9.17, 15) is 18.4 Å². The van der Waals surface area contributed by atoms with Gasteiger partial charge in [0, 0.05) is 24.8 Å². The van der Waals surface area contributed by atoms with Crippen LogP contribution in [0.4, 0.5) is 8.78 Å². The smallest absolute Gasteiger partial charge is 0.260 e. The van der Waals surface area contributed by atoms with Crippen molar-refractivity contribution in [2.24, 2.45) is 5.92 Å². The lowest BCUT2D eigenvalue weighted by Crippen LogP contribution is -2.41. The fourth-order valence-corrected chi connectivity index (χ4v) is 3.37. The molecule has 2 heterocycles. The van der Waals surface area contributed by atoms with E-state index in [1.54, 1.807) is 11.0 Å². The van der Waals surface area contributed by atoms with Gasteiger partial charge in [0.05, 0.1) is 0 Å². The van der Waals surface area contributed by atoms with E-state index in [1.807, 2.05) is 0 Å². The molecule has 1 saturated heterocycles. The predicted molar refractivity (Wildman–Crippen MR) is 90.4 cm³/mol. The van der Waals surface area contributed by atoms with Crippen LogP contribution in [0.1, 0.15) is 35.2 Å². The van der Waals surface area contributed by atoms with E-state index in [-0.39, 0.29) is 23.0 Å². The van der Waals surface area contributed by atoms with Crippen molar-refractivity contribution < 1.29 is 13.6 Å². The van der Waals surface area contributed by atoms with Gasteiger partial charge in [0.2, 0.25) is 0 Å². The molecule has 1 aliphatic heterocycles. The Labute approximate surface area is 144 Å². The van der Waals surface area contributed by atoms with Crippen LogP contribution in [0.3, 0.4) is 0 Å². The number of amides is 1. The molecular formula is C19H20F2N2O2. The monoisotopic (exact) mass is 346 g/mol. The third-order valence-corrected chi connectivity index (χ3v) is 4.72. The highest BCUT2D eigenvalue weighted by molar-refractivity contribution is 5.93. The van der Waals surface area contributed by atoms with Crippen LogP contribution in [-0.4, -0.2) is 28.9 Å². The average molecular weight is 346 g/mol. The molecule has 0 saturated carbocycles. The minimum absolute atomic E-state index is 0.102. The maximum Gasteiger partial charge on any atom is 0.260 e. The molecular weight excluding hydrogens is 326 g/mol. The van der Waals surface area contributed by atoms with Gasteiger partial charge in [-0.25, -0.2) is 8.78 Å². The molecule has 1 atom stereocenters. The number of aromatic nitrogens is 1. The summed E-state index contributed by atoms with van der Waals surface area (Å²) >= 11 is 0. The van der Waals surface area contributed by atoms with Gasteiger partial charge in [0.25, 0.3) is 11.5 Å². The first-order chi connectivity index (χ1) is 12.1. The van der Waals surface area contributed by atoms with E-state index < -0.39 is 17.2 Å². The zero-order chi connectivity index (χ0) is 17.8. The van der Waals surface area contributed by atoms with Crippen LogP contribution >= 0.6 is 0 Å². The molecule has 132 valence electrons. The largest absolute Gasteiger partial charge is 0.338 e. The van der Waals surface area contributed by atoms with Gasteiger partial charge in [-0.1, -0.05) is 6.07 Å². The normalized spacial score (nSPS) is 17.5. The summed E-state index contributed by atoms with van der Waals surface area (Å²) in [5.74, 6) is -1.18. The number of piperidine rings is 1. The second-order valence-electron chi connectivity index (χ2n) is 6.41. The predicted octanol–water partition coefficient (Wildman–Crippen LogP) is 3.14. The number of nitrogens with one attached hydrogen (secondary N) is 1. The summed E-state index contributed by atoms with van der Waals surface area (Å²) in [6, 6.07) is 7.01. The molecule has 4 nitrogen and oxygen atoms in total. The van der Waals surface area contributed by atoms with E-state index in [0.717, 1.165) is 12.8 Å². The summed E-state index contributed by atoms with van der Waals surface area (Å²) in [5, 5.41) is 0. The summed E-state index contributed by atoms with van der Waals surface area (Å²) in [5.41, 5.74) is -0.170. The minimum Gasteiger partial charge on any atom is -0.338 e. The number of benzene rings is 1. The Hall–Kier alpha value is -2.50. The SMILES string of the molecule is O=C(c1ccc[nH]c1=O)N1CCCC(CCc2c(F)cccc2F)C1. The number of pyridine rings is 1. The van der Waals surface area contributed by atoms with Crippen molar-refractivity contribution in [3.8, 4) is 0 Å². The van der Waals surface area contributed by atoms with E-state index >= 15 is 0 Å². The van der Waals surface area contributed by atoms with Crippen molar-refractivity contribution in [3.05, 3.63) is 69.6 Å². The molecule has 1 aromatic carbocycles. The Bertz CT molecular complexity index is 799.